The quantitative estimate of drug-likeness (QED) is 0.640. The highest BCUT2D eigenvalue weighted by atomic mass is 14.9. The van der Waals surface area contributed by atoms with Crippen LogP contribution in [0.2, 0.25) is 0 Å². The molecule has 15 heavy (non-hydrogen) atoms. The zero-order chi connectivity index (χ0) is 11.0. The summed E-state index contributed by atoms with van der Waals surface area (Å²) in [5.74, 6) is 1.21. The summed E-state index contributed by atoms with van der Waals surface area (Å²) in [4.78, 5) is 0. The summed E-state index contributed by atoms with van der Waals surface area (Å²) in [6.07, 6.45) is 5.87. The second-order valence-electron chi connectivity index (χ2n) is 5.13. The number of hydrogen-bond acceptors (Lipinski definition) is 1. The molecule has 2 aliphatic rings. The van der Waals surface area contributed by atoms with Crippen molar-refractivity contribution in [2.45, 2.75) is 40.0 Å². The van der Waals surface area contributed by atoms with Crippen LogP contribution in [0.25, 0.3) is 0 Å². The van der Waals surface area contributed by atoms with Gasteiger partial charge in [0.15, 0.2) is 0 Å². The van der Waals surface area contributed by atoms with Crippen LogP contribution in [-0.4, -0.2) is 0 Å². The summed E-state index contributed by atoms with van der Waals surface area (Å²) >= 11 is 0. The normalized spacial score (nSPS) is 26.3. The largest absolute Gasteiger partial charge is 0.362 e. The van der Waals surface area contributed by atoms with Crippen molar-refractivity contribution >= 4 is 0 Å². The monoisotopic (exact) mass is 203 g/mol. The highest BCUT2D eigenvalue weighted by Gasteiger charge is 2.30. The Hall–Kier alpha value is -0.980. The Kier molecular flexibility index (Phi) is 2.72. The molecule has 0 amide bonds. The molecule has 0 aromatic rings. The maximum Gasteiger partial charge on any atom is 0.0240 e. The average Bonchev–Trinajstić information content (AvgIpc) is 2.38. The van der Waals surface area contributed by atoms with E-state index in [4.69, 9.17) is 0 Å². The number of rotatable bonds is 1. The standard InChI is InChI=1S/C14H21N/c1-9(2)14-11(4)15-13-8-6-10(3)5-7-12(13)14/h5,9,14-15H,4,6-8H2,1-3H3. The van der Waals surface area contributed by atoms with Crippen LogP contribution in [0.1, 0.15) is 40.0 Å². The Balaban J connectivity index is 2.28. The molecule has 0 saturated heterocycles. The number of hydrogen-bond donors (Lipinski definition) is 1. The van der Waals surface area contributed by atoms with Crippen LogP contribution in [0, 0.1) is 11.8 Å². The molecule has 0 spiro atoms. The minimum atomic E-state index is 0.558. The van der Waals surface area contributed by atoms with Crippen LogP contribution in [0.15, 0.2) is 35.2 Å². The highest BCUT2D eigenvalue weighted by Crippen LogP contribution is 2.39. The van der Waals surface area contributed by atoms with E-state index >= 15 is 0 Å². The fraction of sp³-hybridized carbons (Fsp3) is 0.571. The first-order valence-corrected chi connectivity index (χ1v) is 5.93. The second-order valence-corrected chi connectivity index (χ2v) is 5.13. The topological polar surface area (TPSA) is 12.0 Å². The van der Waals surface area contributed by atoms with Crippen molar-refractivity contribution in [1.82, 2.24) is 5.32 Å². The summed E-state index contributed by atoms with van der Waals surface area (Å²) < 4.78 is 0. The van der Waals surface area contributed by atoms with Crippen molar-refractivity contribution < 1.29 is 0 Å². The van der Waals surface area contributed by atoms with E-state index in [1.54, 1.807) is 5.57 Å². The summed E-state index contributed by atoms with van der Waals surface area (Å²) in [5, 5.41) is 3.50. The zero-order valence-corrected chi connectivity index (χ0v) is 10.1. The van der Waals surface area contributed by atoms with E-state index in [0.29, 0.717) is 11.8 Å². The molecule has 0 aromatic carbocycles. The van der Waals surface area contributed by atoms with Gasteiger partial charge >= 0.3 is 0 Å². The summed E-state index contributed by atoms with van der Waals surface area (Å²) in [6.45, 7) is 11.0. The molecule has 0 aromatic heterocycles. The highest BCUT2D eigenvalue weighted by molar-refractivity contribution is 5.37. The predicted octanol–water partition coefficient (Wildman–Crippen LogP) is 3.76. The Morgan fingerprint density at radius 3 is 2.80 bits per heavy atom. The van der Waals surface area contributed by atoms with Gasteiger partial charge in [0, 0.05) is 17.3 Å². The SMILES string of the molecule is C=C1NC2=C(CC=C(C)CC2)C1C(C)C. The lowest BCUT2D eigenvalue weighted by Crippen LogP contribution is -2.14. The molecule has 0 radical (unpaired) electrons. The van der Waals surface area contributed by atoms with Gasteiger partial charge in [0.2, 0.25) is 0 Å². The van der Waals surface area contributed by atoms with Crippen molar-refractivity contribution in [2.75, 3.05) is 0 Å². The van der Waals surface area contributed by atoms with Gasteiger partial charge in [0.05, 0.1) is 0 Å². The van der Waals surface area contributed by atoms with Gasteiger partial charge in [-0.25, -0.2) is 0 Å². The molecule has 1 heterocycles. The Labute approximate surface area is 93.0 Å². The van der Waals surface area contributed by atoms with E-state index < -0.39 is 0 Å². The summed E-state index contributed by atoms with van der Waals surface area (Å²) in [6, 6.07) is 0. The molecular formula is C14H21N. The average molecular weight is 203 g/mol. The molecule has 82 valence electrons. The first-order valence-electron chi connectivity index (χ1n) is 5.93. The van der Waals surface area contributed by atoms with Crippen LogP contribution in [0.5, 0.6) is 0 Å². The first-order chi connectivity index (χ1) is 7.09. The molecule has 1 N–H and O–H groups in total. The van der Waals surface area contributed by atoms with Crippen LogP contribution in [-0.2, 0) is 0 Å². The minimum Gasteiger partial charge on any atom is -0.362 e. The number of nitrogens with one attached hydrogen (secondary N) is 1. The van der Waals surface area contributed by atoms with Crippen molar-refractivity contribution in [3.63, 3.8) is 0 Å². The van der Waals surface area contributed by atoms with Crippen LogP contribution >= 0.6 is 0 Å². The van der Waals surface area contributed by atoms with Gasteiger partial charge in [-0.15, -0.1) is 0 Å². The van der Waals surface area contributed by atoms with Crippen molar-refractivity contribution in [3.8, 4) is 0 Å². The van der Waals surface area contributed by atoms with Crippen molar-refractivity contribution in [3.05, 3.63) is 35.2 Å². The van der Waals surface area contributed by atoms with Gasteiger partial charge in [-0.1, -0.05) is 32.1 Å². The Morgan fingerprint density at radius 2 is 2.13 bits per heavy atom. The maximum atomic E-state index is 4.16. The first kappa shape index (κ1) is 10.5. The molecule has 0 bridgehead atoms. The molecule has 0 saturated carbocycles. The second kappa shape index (κ2) is 3.88. The lowest BCUT2D eigenvalue weighted by molar-refractivity contribution is 0.502. The summed E-state index contributed by atoms with van der Waals surface area (Å²) in [7, 11) is 0. The number of allylic oxidation sites excluding steroid dienone is 4. The van der Waals surface area contributed by atoms with Crippen molar-refractivity contribution in [2.24, 2.45) is 11.8 Å². The van der Waals surface area contributed by atoms with Crippen LogP contribution in [0.3, 0.4) is 0 Å². The fourth-order valence-electron chi connectivity index (χ4n) is 2.74. The van der Waals surface area contributed by atoms with Crippen molar-refractivity contribution in [1.29, 1.82) is 0 Å². The Morgan fingerprint density at radius 1 is 1.40 bits per heavy atom. The van der Waals surface area contributed by atoms with E-state index in [9.17, 15) is 0 Å². The Bertz CT molecular complexity index is 344. The van der Waals surface area contributed by atoms with Gasteiger partial charge in [-0.2, -0.15) is 0 Å². The molecule has 1 nitrogen and oxygen atoms in total. The molecule has 1 heteroatoms. The molecular weight excluding hydrogens is 182 g/mol. The third kappa shape index (κ3) is 1.88. The van der Waals surface area contributed by atoms with E-state index in [0.717, 1.165) is 6.42 Å². The van der Waals surface area contributed by atoms with Gasteiger partial charge in [0.25, 0.3) is 0 Å². The van der Waals surface area contributed by atoms with Gasteiger partial charge in [-0.05, 0) is 37.7 Å². The van der Waals surface area contributed by atoms with E-state index in [2.05, 4.69) is 38.7 Å². The molecule has 0 fully saturated rings. The molecule has 1 unspecified atom stereocenters. The fourth-order valence-corrected chi connectivity index (χ4v) is 2.74. The lowest BCUT2D eigenvalue weighted by Gasteiger charge is -2.18. The molecule has 2 rings (SSSR count). The zero-order valence-electron chi connectivity index (χ0n) is 10.1. The molecule has 1 atom stereocenters. The predicted molar refractivity (Wildman–Crippen MR) is 65.2 cm³/mol. The van der Waals surface area contributed by atoms with Gasteiger partial charge in [0.1, 0.15) is 0 Å². The lowest BCUT2D eigenvalue weighted by atomic mass is 9.86. The summed E-state index contributed by atoms with van der Waals surface area (Å²) in [5.41, 5.74) is 5.78. The van der Waals surface area contributed by atoms with E-state index in [1.807, 2.05) is 0 Å². The maximum absolute atomic E-state index is 4.16. The van der Waals surface area contributed by atoms with Gasteiger partial charge < -0.3 is 5.32 Å². The smallest absolute Gasteiger partial charge is 0.0240 e. The molecule has 1 aliphatic heterocycles. The third-order valence-electron chi connectivity index (χ3n) is 3.56. The van der Waals surface area contributed by atoms with Crippen LogP contribution < -0.4 is 5.32 Å². The van der Waals surface area contributed by atoms with E-state index in [-0.39, 0.29) is 0 Å². The van der Waals surface area contributed by atoms with Crippen LogP contribution in [0.4, 0.5) is 0 Å². The molecule has 1 aliphatic carbocycles. The minimum absolute atomic E-state index is 0.558. The third-order valence-corrected chi connectivity index (χ3v) is 3.56. The van der Waals surface area contributed by atoms with Gasteiger partial charge in [-0.3, -0.25) is 0 Å². The van der Waals surface area contributed by atoms with E-state index in [1.165, 1.54) is 29.8 Å².